The first-order valence-electron chi connectivity index (χ1n) is 9.76. The lowest BCUT2D eigenvalue weighted by Gasteiger charge is -2.16. The van der Waals surface area contributed by atoms with Crippen LogP contribution in [0.2, 0.25) is 0 Å². The van der Waals surface area contributed by atoms with E-state index >= 15 is 0 Å². The molecule has 0 aromatic heterocycles. The van der Waals surface area contributed by atoms with Gasteiger partial charge in [0, 0.05) is 36.8 Å². The molecular formula is C22H24BrN3O4S. The highest BCUT2D eigenvalue weighted by atomic mass is 79.9. The number of halogens is 1. The van der Waals surface area contributed by atoms with Crippen LogP contribution in [-0.2, 0) is 14.3 Å². The van der Waals surface area contributed by atoms with E-state index in [-0.39, 0.29) is 18.2 Å². The second-order valence-electron chi connectivity index (χ2n) is 6.77. The maximum Gasteiger partial charge on any atom is 0.242 e. The van der Waals surface area contributed by atoms with Crippen LogP contribution in [0.1, 0.15) is 12.8 Å². The van der Waals surface area contributed by atoms with Crippen molar-refractivity contribution in [2.45, 2.75) is 18.1 Å². The maximum atomic E-state index is 13.1. The Morgan fingerprint density at radius 3 is 2.65 bits per heavy atom. The van der Waals surface area contributed by atoms with Crippen molar-refractivity contribution in [1.29, 1.82) is 0 Å². The fraction of sp³-hybridized carbons (Fsp3) is 0.318. The molecule has 9 heteroatoms. The molecule has 7 nitrogen and oxygen atoms in total. The lowest BCUT2D eigenvalue weighted by atomic mass is 10.2. The SMILES string of the molecule is COCCCN1C(=O)C(CC(=O)Nc2ccc(Br)cc2)SC1=Nc1ccccc1OC. The van der Waals surface area contributed by atoms with Gasteiger partial charge in [-0.05, 0) is 42.8 Å². The van der Waals surface area contributed by atoms with Gasteiger partial charge in [0.05, 0.1) is 7.11 Å². The van der Waals surface area contributed by atoms with Crippen molar-refractivity contribution in [2.75, 3.05) is 32.7 Å². The molecular weight excluding hydrogens is 482 g/mol. The molecule has 0 spiro atoms. The predicted molar refractivity (Wildman–Crippen MR) is 127 cm³/mol. The molecule has 31 heavy (non-hydrogen) atoms. The number of benzene rings is 2. The van der Waals surface area contributed by atoms with Gasteiger partial charge in [-0.3, -0.25) is 14.5 Å². The first-order valence-corrected chi connectivity index (χ1v) is 11.4. The van der Waals surface area contributed by atoms with Crippen LogP contribution in [-0.4, -0.2) is 54.5 Å². The van der Waals surface area contributed by atoms with Gasteiger partial charge in [0.25, 0.3) is 0 Å². The molecule has 1 fully saturated rings. The first-order chi connectivity index (χ1) is 15.0. The van der Waals surface area contributed by atoms with Crippen LogP contribution in [0.15, 0.2) is 58.0 Å². The number of hydrogen-bond donors (Lipinski definition) is 1. The number of hydrogen-bond acceptors (Lipinski definition) is 6. The van der Waals surface area contributed by atoms with Gasteiger partial charge < -0.3 is 14.8 Å². The molecule has 2 aromatic carbocycles. The number of rotatable bonds is 9. The molecule has 3 rings (SSSR count). The molecule has 1 heterocycles. The number of nitrogens with zero attached hydrogens (tertiary/aromatic N) is 2. The van der Waals surface area contributed by atoms with Crippen molar-refractivity contribution >= 4 is 56.0 Å². The third-order valence-electron chi connectivity index (χ3n) is 4.55. The molecule has 1 atom stereocenters. The van der Waals surface area contributed by atoms with Gasteiger partial charge in [0.2, 0.25) is 11.8 Å². The molecule has 1 N–H and O–H groups in total. The number of amidine groups is 1. The van der Waals surface area contributed by atoms with Crippen LogP contribution in [0.3, 0.4) is 0 Å². The van der Waals surface area contributed by atoms with Crippen molar-refractivity contribution in [3.8, 4) is 5.75 Å². The lowest BCUT2D eigenvalue weighted by molar-refractivity contribution is -0.128. The highest BCUT2D eigenvalue weighted by Gasteiger charge is 2.39. The summed E-state index contributed by atoms with van der Waals surface area (Å²) in [4.78, 5) is 31.9. The largest absolute Gasteiger partial charge is 0.494 e. The van der Waals surface area contributed by atoms with Crippen molar-refractivity contribution in [3.05, 3.63) is 53.0 Å². The van der Waals surface area contributed by atoms with E-state index in [1.165, 1.54) is 11.8 Å². The van der Waals surface area contributed by atoms with Crippen molar-refractivity contribution in [3.63, 3.8) is 0 Å². The number of methoxy groups -OCH3 is 2. The normalized spacial score (nSPS) is 17.3. The average Bonchev–Trinajstić information content (AvgIpc) is 3.04. The zero-order valence-corrected chi connectivity index (χ0v) is 19.7. The first kappa shape index (κ1) is 23.3. The Morgan fingerprint density at radius 1 is 1.19 bits per heavy atom. The van der Waals surface area contributed by atoms with Crippen LogP contribution in [0.5, 0.6) is 5.75 Å². The van der Waals surface area contributed by atoms with Crippen molar-refractivity contribution < 1.29 is 19.1 Å². The molecule has 164 valence electrons. The van der Waals surface area contributed by atoms with E-state index < -0.39 is 5.25 Å². The molecule has 0 radical (unpaired) electrons. The van der Waals surface area contributed by atoms with Gasteiger partial charge in [0.15, 0.2) is 5.17 Å². The summed E-state index contributed by atoms with van der Waals surface area (Å²) in [5.41, 5.74) is 1.32. The lowest BCUT2D eigenvalue weighted by Crippen LogP contribution is -2.34. The number of carbonyl (C=O) groups is 2. The number of amides is 2. The molecule has 1 aliphatic rings. The van der Waals surface area contributed by atoms with E-state index in [9.17, 15) is 9.59 Å². The van der Waals surface area contributed by atoms with E-state index in [1.54, 1.807) is 31.3 Å². The Morgan fingerprint density at radius 2 is 1.94 bits per heavy atom. The summed E-state index contributed by atoms with van der Waals surface area (Å²) in [5.74, 6) is 0.278. The van der Waals surface area contributed by atoms with Gasteiger partial charge in [-0.2, -0.15) is 0 Å². The van der Waals surface area contributed by atoms with E-state index in [2.05, 4.69) is 26.2 Å². The summed E-state index contributed by atoms with van der Waals surface area (Å²) in [6, 6.07) is 14.7. The second-order valence-corrected chi connectivity index (χ2v) is 8.85. The molecule has 1 unspecified atom stereocenters. The minimum absolute atomic E-state index is 0.0608. The van der Waals surface area contributed by atoms with Crippen LogP contribution in [0.25, 0.3) is 0 Å². The van der Waals surface area contributed by atoms with Gasteiger partial charge in [-0.25, -0.2) is 4.99 Å². The quantitative estimate of drug-likeness (QED) is 0.509. The maximum absolute atomic E-state index is 13.1. The Bertz CT molecular complexity index is 952. The van der Waals surface area contributed by atoms with Gasteiger partial charge in [-0.1, -0.05) is 39.8 Å². The van der Waals surface area contributed by atoms with E-state index in [0.717, 1.165) is 4.47 Å². The molecule has 0 bridgehead atoms. The Hall–Kier alpha value is -2.36. The zero-order chi connectivity index (χ0) is 22.2. The molecule has 1 saturated heterocycles. The van der Waals surface area contributed by atoms with E-state index in [1.807, 2.05) is 36.4 Å². The average molecular weight is 506 g/mol. The number of aliphatic imine (C=N–C) groups is 1. The number of para-hydroxylation sites is 2. The molecule has 0 aliphatic carbocycles. The minimum Gasteiger partial charge on any atom is -0.494 e. The zero-order valence-electron chi connectivity index (χ0n) is 17.3. The summed E-state index contributed by atoms with van der Waals surface area (Å²) in [6.45, 7) is 1.00. The van der Waals surface area contributed by atoms with E-state index in [4.69, 9.17) is 9.47 Å². The Labute approximate surface area is 194 Å². The van der Waals surface area contributed by atoms with Crippen LogP contribution >= 0.6 is 27.7 Å². The topological polar surface area (TPSA) is 80.2 Å². The van der Waals surface area contributed by atoms with E-state index in [0.29, 0.717) is 41.9 Å². The standard InChI is InChI=1S/C22H24BrN3O4S/c1-29-13-5-12-26-21(28)19(14-20(27)24-16-10-8-15(23)9-11-16)31-22(26)25-17-6-3-4-7-18(17)30-2/h3-4,6-11,19H,5,12-14H2,1-2H3,(H,24,27). The highest BCUT2D eigenvalue weighted by Crippen LogP contribution is 2.34. The minimum atomic E-state index is -0.536. The molecule has 2 aromatic rings. The molecule has 0 saturated carbocycles. The molecule has 1 aliphatic heterocycles. The molecule has 2 amide bonds. The van der Waals surface area contributed by atoms with Crippen LogP contribution in [0.4, 0.5) is 11.4 Å². The summed E-state index contributed by atoms with van der Waals surface area (Å²) in [6.07, 6.45) is 0.733. The number of ether oxygens (including phenoxy) is 2. The number of thioether (sulfide) groups is 1. The summed E-state index contributed by atoms with van der Waals surface area (Å²) in [7, 11) is 3.21. The smallest absolute Gasteiger partial charge is 0.242 e. The monoisotopic (exact) mass is 505 g/mol. The fourth-order valence-corrected chi connectivity index (χ4v) is 4.48. The fourth-order valence-electron chi connectivity index (χ4n) is 3.04. The number of carbonyl (C=O) groups excluding carboxylic acids is 2. The van der Waals surface area contributed by atoms with Crippen molar-refractivity contribution in [1.82, 2.24) is 4.90 Å². The number of nitrogens with one attached hydrogen (secondary N) is 1. The van der Waals surface area contributed by atoms with Crippen LogP contribution < -0.4 is 10.1 Å². The van der Waals surface area contributed by atoms with Crippen molar-refractivity contribution in [2.24, 2.45) is 4.99 Å². The van der Waals surface area contributed by atoms with Gasteiger partial charge >= 0.3 is 0 Å². The Balaban J connectivity index is 1.75. The highest BCUT2D eigenvalue weighted by molar-refractivity contribution is 9.10. The summed E-state index contributed by atoms with van der Waals surface area (Å²) >= 11 is 4.67. The third kappa shape index (κ3) is 6.32. The number of anilines is 1. The second kappa shape index (κ2) is 11.3. The summed E-state index contributed by atoms with van der Waals surface area (Å²) < 4.78 is 11.4. The predicted octanol–water partition coefficient (Wildman–Crippen LogP) is 4.45. The Kier molecular flexibility index (Phi) is 8.51. The third-order valence-corrected chi connectivity index (χ3v) is 6.25. The van der Waals surface area contributed by atoms with Gasteiger partial charge in [0.1, 0.15) is 16.7 Å². The summed E-state index contributed by atoms with van der Waals surface area (Å²) in [5, 5.41) is 2.87. The van der Waals surface area contributed by atoms with Gasteiger partial charge in [-0.15, -0.1) is 0 Å². The van der Waals surface area contributed by atoms with Crippen LogP contribution in [0, 0.1) is 0 Å².